The highest BCUT2D eigenvalue weighted by Crippen LogP contribution is 2.41. The van der Waals surface area contributed by atoms with E-state index < -0.39 is 0 Å². The highest BCUT2D eigenvalue weighted by Gasteiger charge is 2.45. The molecule has 0 bridgehead atoms. The van der Waals surface area contributed by atoms with Crippen LogP contribution < -0.4 is 10.6 Å². The fourth-order valence-electron chi connectivity index (χ4n) is 3.94. The molecule has 1 spiro atoms. The number of amides is 1. The number of aromatic nitrogens is 1. The quantitative estimate of drug-likeness (QED) is 0.875. The molecular formula is C17H28N4OS. The van der Waals surface area contributed by atoms with Gasteiger partial charge in [0.25, 0.3) is 0 Å². The number of carbonyl (C=O) groups excluding carboxylic acids is 1. The number of nitrogens with zero attached hydrogens (tertiary/aromatic N) is 2. The van der Waals surface area contributed by atoms with E-state index in [9.17, 15) is 4.79 Å². The van der Waals surface area contributed by atoms with Gasteiger partial charge >= 0.3 is 0 Å². The summed E-state index contributed by atoms with van der Waals surface area (Å²) in [4.78, 5) is 20.6. The Hall–Kier alpha value is -0.980. The topological polar surface area (TPSA) is 57.3 Å². The molecule has 6 heteroatoms. The Morgan fingerprint density at radius 3 is 2.83 bits per heavy atom. The van der Waals surface area contributed by atoms with Crippen LogP contribution in [0.5, 0.6) is 0 Å². The van der Waals surface area contributed by atoms with Crippen LogP contribution in [0.15, 0.2) is 0 Å². The monoisotopic (exact) mass is 336 g/mol. The van der Waals surface area contributed by atoms with Crippen molar-refractivity contribution in [2.24, 2.45) is 5.41 Å². The minimum Gasteiger partial charge on any atom is -0.354 e. The molecule has 1 atom stereocenters. The molecule has 0 aromatic carbocycles. The molecule has 2 aliphatic heterocycles. The first-order valence-corrected chi connectivity index (χ1v) is 9.42. The van der Waals surface area contributed by atoms with E-state index in [1.165, 1.54) is 17.7 Å². The van der Waals surface area contributed by atoms with E-state index in [0.29, 0.717) is 12.0 Å². The maximum Gasteiger partial charge on any atom is 0.237 e. The van der Waals surface area contributed by atoms with Gasteiger partial charge in [-0.25, -0.2) is 4.98 Å². The number of thiazole rings is 1. The SMILES string of the molecule is Cc1nc(CCNC(=O)[C@H]2CC3(CCNCC3)CN2C)sc1C. The molecule has 2 N–H and O–H groups in total. The molecule has 0 radical (unpaired) electrons. The minimum absolute atomic E-state index is 0.0351. The first-order valence-electron chi connectivity index (χ1n) is 8.61. The predicted octanol–water partition coefficient (Wildman–Crippen LogP) is 1.49. The van der Waals surface area contributed by atoms with Crippen molar-refractivity contribution in [2.75, 3.05) is 33.2 Å². The highest BCUT2D eigenvalue weighted by molar-refractivity contribution is 7.11. The molecule has 128 valence electrons. The maximum atomic E-state index is 12.6. The first kappa shape index (κ1) is 16.9. The van der Waals surface area contributed by atoms with Gasteiger partial charge < -0.3 is 10.6 Å². The van der Waals surface area contributed by atoms with Crippen molar-refractivity contribution < 1.29 is 4.79 Å². The van der Waals surface area contributed by atoms with Crippen LogP contribution in [0.1, 0.15) is 34.8 Å². The van der Waals surface area contributed by atoms with Gasteiger partial charge in [0.1, 0.15) is 0 Å². The second kappa shape index (κ2) is 6.87. The summed E-state index contributed by atoms with van der Waals surface area (Å²) in [6, 6.07) is 0.0351. The average Bonchev–Trinajstić information content (AvgIpc) is 3.00. The third kappa shape index (κ3) is 3.75. The third-order valence-corrected chi connectivity index (χ3v) is 6.55. The summed E-state index contributed by atoms with van der Waals surface area (Å²) in [6.07, 6.45) is 4.22. The molecule has 2 aliphatic rings. The Morgan fingerprint density at radius 1 is 1.43 bits per heavy atom. The van der Waals surface area contributed by atoms with Crippen molar-refractivity contribution in [3.8, 4) is 0 Å². The van der Waals surface area contributed by atoms with Crippen LogP contribution >= 0.6 is 11.3 Å². The molecule has 0 aliphatic carbocycles. The molecule has 3 rings (SSSR count). The Labute approximate surface area is 142 Å². The fraction of sp³-hybridized carbons (Fsp3) is 0.765. The van der Waals surface area contributed by atoms with Crippen LogP contribution in [0.3, 0.4) is 0 Å². The highest BCUT2D eigenvalue weighted by atomic mass is 32.1. The second-order valence-corrected chi connectivity index (χ2v) is 8.46. The molecular weight excluding hydrogens is 308 g/mol. The molecule has 1 aromatic heterocycles. The van der Waals surface area contributed by atoms with E-state index in [2.05, 4.69) is 34.5 Å². The molecule has 2 fully saturated rings. The zero-order chi connectivity index (χ0) is 16.4. The lowest BCUT2D eigenvalue weighted by molar-refractivity contribution is -0.125. The van der Waals surface area contributed by atoms with Crippen LogP contribution in [0.2, 0.25) is 0 Å². The van der Waals surface area contributed by atoms with E-state index in [1.54, 1.807) is 11.3 Å². The Balaban J connectivity index is 1.50. The standard InChI is InChI=1S/C17H28N4OS/c1-12-13(2)23-15(20-12)4-7-19-16(22)14-10-17(11-21(14)3)5-8-18-9-6-17/h14,18H,4-11H2,1-3H3,(H,19,22)/t14-/m1/s1. The number of nitrogens with one attached hydrogen (secondary N) is 2. The van der Waals surface area contributed by atoms with Crippen LogP contribution in [0.25, 0.3) is 0 Å². The normalized spacial score (nSPS) is 24.2. The van der Waals surface area contributed by atoms with Crippen molar-refractivity contribution in [1.29, 1.82) is 0 Å². The zero-order valence-electron chi connectivity index (χ0n) is 14.4. The van der Waals surface area contributed by atoms with Crippen molar-refractivity contribution >= 4 is 17.2 Å². The van der Waals surface area contributed by atoms with Crippen molar-refractivity contribution in [3.63, 3.8) is 0 Å². The number of carbonyl (C=O) groups is 1. The predicted molar refractivity (Wildman–Crippen MR) is 93.9 cm³/mol. The van der Waals surface area contributed by atoms with Gasteiger partial charge in [-0.2, -0.15) is 0 Å². The molecule has 2 saturated heterocycles. The van der Waals surface area contributed by atoms with Gasteiger partial charge in [0.05, 0.1) is 16.7 Å². The summed E-state index contributed by atoms with van der Waals surface area (Å²) in [5.74, 6) is 0.188. The molecule has 5 nitrogen and oxygen atoms in total. The molecule has 1 aromatic rings. The zero-order valence-corrected chi connectivity index (χ0v) is 15.3. The summed E-state index contributed by atoms with van der Waals surface area (Å²) in [7, 11) is 2.09. The molecule has 3 heterocycles. The van der Waals surface area contributed by atoms with Crippen LogP contribution in [0, 0.1) is 19.3 Å². The average molecular weight is 337 g/mol. The summed E-state index contributed by atoms with van der Waals surface area (Å²) >= 11 is 1.74. The lowest BCUT2D eigenvalue weighted by Gasteiger charge is -2.33. The number of likely N-dealkylation sites (N-methyl/N-ethyl adjacent to an activating group) is 1. The smallest absolute Gasteiger partial charge is 0.237 e. The number of hydrogen-bond donors (Lipinski definition) is 2. The van der Waals surface area contributed by atoms with Gasteiger partial charge in [0, 0.05) is 24.4 Å². The van der Waals surface area contributed by atoms with E-state index in [1.807, 2.05) is 6.92 Å². The molecule has 23 heavy (non-hydrogen) atoms. The van der Waals surface area contributed by atoms with Gasteiger partial charge in [-0.3, -0.25) is 9.69 Å². The second-order valence-electron chi connectivity index (χ2n) is 7.18. The summed E-state index contributed by atoms with van der Waals surface area (Å²) in [5, 5.41) is 7.67. The Morgan fingerprint density at radius 2 is 2.17 bits per heavy atom. The summed E-state index contributed by atoms with van der Waals surface area (Å²) < 4.78 is 0. The lowest BCUT2D eigenvalue weighted by atomic mass is 9.77. The lowest BCUT2D eigenvalue weighted by Crippen LogP contribution is -2.42. The van der Waals surface area contributed by atoms with E-state index in [0.717, 1.165) is 43.2 Å². The van der Waals surface area contributed by atoms with Gasteiger partial charge in [-0.05, 0) is 58.7 Å². The van der Waals surface area contributed by atoms with Gasteiger partial charge in [-0.15, -0.1) is 11.3 Å². The van der Waals surface area contributed by atoms with Crippen LogP contribution in [-0.4, -0.2) is 55.1 Å². The largest absolute Gasteiger partial charge is 0.354 e. The van der Waals surface area contributed by atoms with E-state index in [-0.39, 0.29) is 11.9 Å². The number of likely N-dealkylation sites (tertiary alicyclic amines) is 1. The number of aryl methyl sites for hydroxylation is 2. The summed E-state index contributed by atoms with van der Waals surface area (Å²) in [6.45, 7) is 8.05. The maximum absolute atomic E-state index is 12.6. The fourth-order valence-corrected chi connectivity index (χ4v) is 4.87. The van der Waals surface area contributed by atoms with Crippen molar-refractivity contribution in [2.45, 2.75) is 45.6 Å². The van der Waals surface area contributed by atoms with Crippen molar-refractivity contribution in [1.82, 2.24) is 20.5 Å². The van der Waals surface area contributed by atoms with E-state index in [4.69, 9.17) is 0 Å². The number of piperidine rings is 1. The molecule has 1 amide bonds. The van der Waals surface area contributed by atoms with Gasteiger partial charge in [-0.1, -0.05) is 0 Å². The van der Waals surface area contributed by atoms with Crippen molar-refractivity contribution in [3.05, 3.63) is 15.6 Å². The molecule has 0 saturated carbocycles. The first-order chi connectivity index (χ1) is 11.0. The van der Waals surface area contributed by atoms with Gasteiger partial charge in [0.2, 0.25) is 5.91 Å². The van der Waals surface area contributed by atoms with E-state index >= 15 is 0 Å². The van der Waals surface area contributed by atoms with Crippen LogP contribution in [-0.2, 0) is 11.2 Å². The number of hydrogen-bond acceptors (Lipinski definition) is 5. The third-order valence-electron chi connectivity index (χ3n) is 5.42. The Bertz CT molecular complexity index is 545. The number of rotatable bonds is 4. The van der Waals surface area contributed by atoms with Gasteiger partial charge in [0.15, 0.2) is 0 Å². The molecule has 0 unspecified atom stereocenters. The Kier molecular flexibility index (Phi) is 5.04. The summed E-state index contributed by atoms with van der Waals surface area (Å²) in [5.41, 5.74) is 1.46. The minimum atomic E-state index is 0.0351. The van der Waals surface area contributed by atoms with Crippen LogP contribution in [0.4, 0.5) is 0 Å².